The van der Waals surface area contributed by atoms with E-state index in [2.05, 4.69) is 5.32 Å². The van der Waals surface area contributed by atoms with Gasteiger partial charge in [0, 0.05) is 12.7 Å². The number of benzene rings is 1. The zero-order valence-electron chi connectivity index (χ0n) is 9.65. The van der Waals surface area contributed by atoms with Gasteiger partial charge in [-0.1, -0.05) is 24.6 Å². The molecule has 1 N–H and O–H groups in total. The Labute approximate surface area is 96.5 Å². The number of nitrogens with zero attached hydrogens (tertiary/aromatic N) is 1. The number of carbonyl (C=O) groups excluding carboxylic acids is 1. The van der Waals surface area contributed by atoms with Gasteiger partial charge in [-0.25, -0.2) is 0 Å². The molecule has 86 valence electrons. The molecule has 1 amide bonds. The van der Waals surface area contributed by atoms with Crippen LogP contribution in [0.1, 0.15) is 19.3 Å². The fraction of sp³-hybridized carbons (Fsp3) is 0.462. The van der Waals surface area contributed by atoms with Crippen molar-refractivity contribution in [1.82, 2.24) is 5.32 Å². The van der Waals surface area contributed by atoms with E-state index in [0.29, 0.717) is 0 Å². The number of rotatable bonds is 2. The molecule has 1 heterocycles. The van der Waals surface area contributed by atoms with Crippen molar-refractivity contribution in [2.45, 2.75) is 25.3 Å². The monoisotopic (exact) mass is 218 g/mol. The van der Waals surface area contributed by atoms with Crippen LogP contribution >= 0.6 is 0 Å². The van der Waals surface area contributed by atoms with Gasteiger partial charge in [0.1, 0.15) is 0 Å². The summed E-state index contributed by atoms with van der Waals surface area (Å²) in [4.78, 5) is 13.9. The molecule has 1 atom stereocenters. The summed E-state index contributed by atoms with van der Waals surface area (Å²) >= 11 is 0. The first-order valence-electron chi connectivity index (χ1n) is 5.85. The lowest BCUT2D eigenvalue weighted by molar-refractivity contribution is -0.120. The highest BCUT2D eigenvalue weighted by molar-refractivity contribution is 5.96. The minimum atomic E-state index is -0.000967. The molecule has 0 saturated carbocycles. The molecule has 0 radical (unpaired) electrons. The Balaban J connectivity index is 2.04. The van der Waals surface area contributed by atoms with Crippen LogP contribution in [0, 0.1) is 0 Å². The first-order valence-corrected chi connectivity index (χ1v) is 5.85. The largest absolute Gasteiger partial charge is 0.314 e. The molecule has 0 bridgehead atoms. The van der Waals surface area contributed by atoms with Crippen molar-refractivity contribution in [2.75, 3.05) is 18.5 Å². The molecule has 0 aromatic heterocycles. The Morgan fingerprint density at radius 2 is 2.06 bits per heavy atom. The third-order valence-electron chi connectivity index (χ3n) is 3.08. The van der Waals surface area contributed by atoms with Crippen LogP contribution in [0.2, 0.25) is 0 Å². The lowest BCUT2D eigenvalue weighted by atomic mass is 10.0. The van der Waals surface area contributed by atoms with Gasteiger partial charge in [0.25, 0.3) is 0 Å². The van der Waals surface area contributed by atoms with Crippen LogP contribution in [0.3, 0.4) is 0 Å². The summed E-state index contributed by atoms with van der Waals surface area (Å²) in [6.45, 7) is 0.957. The summed E-state index contributed by atoms with van der Waals surface area (Å²) in [5, 5.41) is 3.28. The Morgan fingerprint density at radius 3 is 2.69 bits per heavy atom. The minimum Gasteiger partial charge on any atom is -0.314 e. The molecule has 1 unspecified atom stereocenters. The number of para-hydroxylation sites is 1. The second-order valence-electron chi connectivity index (χ2n) is 4.24. The third kappa shape index (κ3) is 2.42. The molecule has 1 aliphatic heterocycles. The van der Waals surface area contributed by atoms with Crippen LogP contribution in [-0.4, -0.2) is 25.5 Å². The predicted octanol–water partition coefficient (Wildman–Crippen LogP) is 1.79. The highest BCUT2D eigenvalue weighted by Crippen LogP contribution is 2.15. The van der Waals surface area contributed by atoms with Gasteiger partial charge in [-0.15, -0.1) is 0 Å². The van der Waals surface area contributed by atoms with Crippen LogP contribution in [0.15, 0.2) is 30.3 Å². The number of carbonyl (C=O) groups is 1. The lowest BCUT2D eigenvalue weighted by Gasteiger charge is -2.27. The maximum atomic E-state index is 12.2. The Hall–Kier alpha value is -1.35. The third-order valence-corrected chi connectivity index (χ3v) is 3.08. The van der Waals surface area contributed by atoms with Crippen molar-refractivity contribution in [2.24, 2.45) is 0 Å². The Morgan fingerprint density at radius 1 is 1.31 bits per heavy atom. The predicted molar refractivity (Wildman–Crippen MR) is 65.5 cm³/mol. The first-order chi connectivity index (χ1) is 7.79. The zero-order chi connectivity index (χ0) is 11.4. The van der Waals surface area contributed by atoms with Crippen LogP contribution in [0.4, 0.5) is 5.69 Å². The van der Waals surface area contributed by atoms with E-state index >= 15 is 0 Å². The van der Waals surface area contributed by atoms with Gasteiger partial charge in [-0.3, -0.25) is 4.79 Å². The van der Waals surface area contributed by atoms with Gasteiger partial charge in [-0.2, -0.15) is 0 Å². The molecular weight excluding hydrogens is 200 g/mol. The van der Waals surface area contributed by atoms with E-state index in [4.69, 9.17) is 0 Å². The van der Waals surface area contributed by atoms with Crippen molar-refractivity contribution < 1.29 is 4.79 Å². The number of hydrogen-bond acceptors (Lipinski definition) is 2. The number of nitrogens with one attached hydrogen (secondary N) is 1. The van der Waals surface area contributed by atoms with E-state index < -0.39 is 0 Å². The quantitative estimate of drug-likeness (QED) is 0.820. The molecule has 2 rings (SSSR count). The van der Waals surface area contributed by atoms with Crippen molar-refractivity contribution >= 4 is 11.6 Å². The van der Waals surface area contributed by atoms with Gasteiger partial charge in [-0.05, 0) is 31.5 Å². The molecule has 1 fully saturated rings. The number of hydrogen-bond donors (Lipinski definition) is 1. The molecule has 0 spiro atoms. The second kappa shape index (κ2) is 5.12. The average molecular weight is 218 g/mol. The number of piperidine rings is 1. The van der Waals surface area contributed by atoms with E-state index in [-0.39, 0.29) is 11.9 Å². The summed E-state index contributed by atoms with van der Waals surface area (Å²) < 4.78 is 0. The lowest BCUT2D eigenvalue weighted by Crippen LogP contribution is -2.47. The van der Waals surface area contributed by atoms with E-state index in [0.717, 1.165) is 25.1 Å². The summed E-state index contributed by atoms with van der Waals surface area (Å²) in [7, 11) is 1.84. The second-order valence-corrected chi connectivity index (χ2v) is 4.24. The number of anilines is 1. The fourth-order valence-corrected chi connectivity index (χ4v) is 2.08. The van der Waals surface area contributed by atoms with Crippen LogP contribution in [-0.2, 0) is 4.79 Å². The number of likely N-dealkylation sites (N-methyl/N-ethyl adjacent to an activating group) is 1. The maximum Gasteiger partial charge on any atom is 0.243 e. The van der Waals surface area contributed by atoms with Crippen LogP contribution < -0.4 is 10.2 Å². The average Bonchev–Trinajstić information content (AvgIpc) is 2.39. The molecule has 1 aromatic carbocycles. The normalized spacial score (nSPS) is 20.4. The first kappa shape index (κ1) is 11.1. The van der Waals surface area contributed by atoms with E-state index in [1.807, 2.05) is 37.4 Å². The minimum absolute atomic E-state index is 0.000967. The van der Waals surface area contributed by atoms with Gasteiger partial charge in [0.15, 0.2) is 0 Å². The molecule has 3 nitrogen and oxygen atoms in total. The fourth-order valence-electron chi connectivity index (χ4n) is 2.08. The molecular formula is C13H18N2O. The van der Waals surface area contributed by atoms with Gasteiger partial charge in [0.2, 0.25) is 5.91 Å². The molecule has 3 heteroatoms. The summed E-state index contributed by atoms with van der Waals surface area (Å²) in [5.74, 6) is 0.172. The molecule has 1 saturated heterocycles. The van der Waals surface area contributed by atoms with Crippen molar-refractivity contribution in [3.63, 3.8) is 0 Å². The van der Waals surface area contributed by atoms with E-state index in [1.54, 1.807) is 4.90 Å². The summed E-state index contributed by atoms with van der Waals surface area (Å²) in [6.07, 6.45) is 3.28. The van der Waals surface area contributed by atoms with Gasteiger partial charge < -0.3 is 10.2 Å². The Bertz CT molecular complexity index is 344. The molecule has 0 aliphatic carbocycles. The Kier molecular flexibility index (Phi) is 3.57. The van der Waals surface area contributed by atoms with Crippen LogP contribution in [0.5, 0.6) is 0 Å². The molecule has 1 aliphatic rings. The molecule has 1 aromatic rings. The highest BCUT2D eigenvalue weighted by Gasteiger charge is 2.23. The van der Waals surface area contributed by atoms with E-state index in [1.165, 1.54) is 6.42 Å². The summed E-state index contributed by atoms with van der Waals surface area (Å²) in [6, 6.07) is 9.78. The smallest absolute Gasteiger partial charge is 0.243 e. The maximum absolute atomic E-state index is 12.2. The van der Waals surface area contributed by atoms with Crippen LogP contribution in [0.25, 0.3) is 0 Å². The summed E-state index contributed by atoms with van der Waals surface area (Å²) in [5.41, 5.74) is 0.958. The van der Waals surface area contributed by atoms with Crippen molar-refractivity contribution in [3.8, 4) is 0 Å². The van der Waals surface area contributed by atoms with E-state index in [9.17, 15) is 4.79 Å². The molecule has 16 heavy (non-hydrogen) atoms. The van der Waals surface area contributed by atoms with Gasteiger partial charge in [0.05, 0.1) is 6.04 Å². The zero-order valence-corrected chi connectivity index (χ0v) is 9.65. The standard InChI is InChI=1S/C13H18N2O/c1-15(11-7-3-2-4-8-11)13(16)12-9-5-6-10-14-12/h2-4,7-8,12,14H,5-6,9-10H2,1H3. The highest BCUT2D eigenvalue weighted by atomic mass is 16.2. The SMILES string of the molecule is CN(C(=O)C1CCCCN1)c1ccccc1. The number of amides is 1. The van der Waals surface area contributed by atoms with Crippen molar-refractivity contribution in [1.29, 1.82) is 0 Å². The van der Waals surface area contributed by atoms with Crippen molar-refractivity contribution in [3.05, 3.63) is 30.3 Å². The topological polar surface area (TPSA) is 32.3 Å². The van der Waals surface area contributed by atoms with Gasteiger partial charge >= 0.3 is 0 Å².